The number of amides is 1. The van der Waals surface area contributed by atoms with Gasteiger partial charge in [0.15, 0.2) is 0 Å². The van der Waals surface area contributed by atoms with Crippen molar-refractivity contribution in [3.8, 4) is 0 Å². The van der Waals surface area contributed by atoms with Gasteiger partial charge in [-0.05, 0) is 43.0 Å². The van der Waals surface area contributed by atoms with Crippen LogP contribution in [0.2, 0.25) is 0 Å². The number of hydrogen-bond donors (Lipinski definition) is 3. The summed E-state index contributed by atoms with van der Waals surface area (Å²) in [5, 5.41) is 21.2. The van der Waals surface area contributed by atoms with Gasteiger partial charge in [0.1, 0.15) is 4.75 Å². The number of nitrogens with one attached hydrogen (secondary N) is 1. The Morgan fingerprint density at radius 1 is 0.960 bits per heavy atom. The van der Waals surface area contributed by atoms with Gasteiger partial charge in [0.2, 0.25) is 0 Å². The molecule has 0 aliphatic heterocycles. The highest BCUT2D eigenvalue weighted by Gasteiger charge is 2.34. The molecule has 1 atom stereocenters. The van der Waals surface area contributed by atoms with Crippen molar-refractivity contribution < 1.29 is 24.6 Å². The molecular weight excluding hydrogens is 342 g/mol. The number of carboxylic acid groups (broad SMARTS) is 2. The average molecular weight is 359 g/mol. The summed E-state index contributed by atoms with van der Waals surface area (Å²) in [6.45, 7) is 1.61. The predicted molar refractivity (Wildman–Crippen MR) is 96.3 cm³/mol. The number of hydrogen-bond acceptors (Lipinski definition) is 4. The van der Waals surface area contributed by atoms with Gasteiger partial charge in [0.25, 0.3) is 5.91 Å². The number of carbonyl (C=O) groups is 3. The number of anilines is 1. The molecule has 130 valence electrons. The first kappa shape index (κ1) is 18.5. The van der Waals surface area contributed by atoms with Crippen LogP contribution in [-0.2, 0) is 9.54 Å². The number of benzene rings is 2. The van der Waals surface area contributed by atoms with Crippen LogP contribution in [0.5, 0.6) is 0 Å². The molecule has 0 aromatic heterocycles. The largest absolute Gasteiger partial charge is 0.480 e. The lowest BCUT2D eigenvalue weighted by molar-refractivity contribution is -0.139. The maximum atomic E-state index is 12.3. The normalized spacial score (nSPS) is 12.9. The molecule has 1 amide bonds. The van der Waals surface area contributed by atoms with Crippen LogP contribution in [0, 0.1) is 0 Å². The summed E-state index contributed by atoms with van der Waals surface area (Å²) in [6, 6.07) is 12.4. The number of rotatable bonds is 6. The van der Waals surface area contributed by atoms with Gasteiger partial charge in [-0.15, -0.1) is 11.8 Å². The molecule has 25 heavy (non-hydrogen) atoms. The zero-order valence-electron chi connectivity index (χ0n) is 13.6. The highest BCUT2D eigenvalue weighted by atomic mass is 32.2. The highest BCUT2D eigenvalue weighted by Crippen LogP contribution is 2.35. The van der Waals surface area contributed by atoms with Gasteiger partial charge in [-0.2, -0.15) is 0 Å². The van der Waals surface area contributed by atoms with Crippen LogP contribution in [0.4, 0.5) is 5.69 Å². The van der Waals surface area contributed by atoms with Gasteiger partial charge in [-0.1, -0.05) is 24.3 Å². The fourth-order valence-corrected chi connectivity index (χ4v) is 2.81. The molecule has 0 bridgehead atoms. The van der Waals surface area contributed by atoms with E-state index in [0.717, 1.165) is 0 Å². The quantitative estimate of drug-likeness (QED) is 0.731. The topological polar surface area (TPSA) is 104 Å². The van der Waals surface area contributed by atoms with Crippen LogP contribution in [0.3, 0.4) is 0 Å². The van der Waals surface area contributed by atoms with Gasteiger partial charge >= 0.3 is 11.9 Å². The predicted octanol–water partition coefficient (Wildman–Crippen LogP) is 3.30. The van der Waals surface area contributed by atoms with Crippen molar-refractivity contribution in [2.45, 2.75) is 11.7 Å². The van der Waals surface area contributed by atoms with E-state index >= 15 is 0 Å². The Bertz CT molecular complexity index is 818. The summed E-state index contributed by atoms with van der Waals surface area (Å²) in [7, 11) is 0. The van der Waals surface area contributed by atoms with Gasteiger partial charge < -0.3 is 15.5 Å². The van der Waals surface area contributed by atoms with Crippen molar-refractivity contribution in [1.82, 2.24) is 0 Å². The molecule has 6 nitrogen and oxygen atoms in total. The molecule has 0 spiro atoms. The van der Waals surface area contributed by atoms with Crippen molar-refractivity contribution in [3.63, 3.8) is 0 Å². The summed E-state index contributed by atoms with van der Waals surface area (Å²) in [4.78, 5) is 35.0. The lowest BCUT2D eigenvalue weighted by Gasteiger charge is -2.23. The summed E-state index contributed by atoms with van der Waals surface area (Å²) in [5.74, 6) is -2.68. The van der Waals surface area contributed by atoms with Crippen LogP contribution in [-0.4, -0.2) is 34.3 Å². The van der Waals surface area contributed by atoms with E-state index in [9.17, 15) is 19.5 Å². The summed E-state index contributed by atoms with van der Waals surface area (Å²) < 4.78 is -1.08. The first-order valence-electron chi connectivity index (χ1n) is 7.32. The molecule has 0 fully saturated rings. The van der Waals surface area contributed by atoms with E-state index in [1.54, 1.807) is 49.6 Å². The van der Waals surface area contributed by atoms with Crippen LogP contribution in [0.1, 0.15) is 33.2 Å². The van der Waals surface area contributed by atoms with Crippen molar-refractivity contribution in [3.05, 3.63) is 65.2 Å². The maximum absolute atomic E-state index is 12.3. The second kappa shape index (κ2) is 7.40. The van der Waals surface area contributed by atoms with E-state index in [4.69, 9.17) is 5.11 Å². The number of thioether (sulfide) groups is 1. The van der Waals surface area contributed by atoms with E-state index in [0.29, 0.717) is 11.3 Å². The molecule has 0 saturated heterocycles. The Balaban J connectivity index is 2.24. The Morgan fingerprint density at radius 2 is 1.52 bits per heavy atom. The molecule has 2 aromatic carbocycles. The molecule has 1 unspecified atom stereocenters. The van der Waals surface area contributed by atoms with Gasteiger partial charge in [0.05, 0.1) is 11.1 Å². The van der Waals surface area contributed by atoms with Gasteiger partial charge in [-0.3, -0.25) is 9.59 Å². The zero-order chi connectivity index (χ0) is 18.6. The molecule has 0 heterocycles. The number of aromatic carboxylic acids is 1. The zero-order valence-corrected chi connectivity index (χ0v) is 14.5. The van der Waals surface area contributed by atoms with Crippen LogP contribution in [0.25, 0.3) is 0 Å². The molecule has 2 aromatic rings. The standard InChI is InChI=1S/C18H17NO5S/c1-18(25-2,17(23)24)11-7-9-12(10-8-11)19-15(20)13-5-3-4-6-14(13)16(21)22/h3-10H,1-2H3,(H,19,20)(H,21,22)(H,23,24). The summed E-state index contributed by atoms with van der Waals surface area (Å²) in [5.41, 5.74) is 1.01. The van der Waals surface area contributed by atoms with Gasteiger partial charge in [0, 0.05) is 5.69 Å². The van der Waals surface area contributed by atoms with E-state index < -0.39 is 22.6 Å². The second-order valence-corrected chi connectivity index (χ2v) is 6.65. The van der Waals surface area contributed by atoms with Crippen LogP contribution in [0.15, 0.2) is 48.5 Å². The first-order chi connectivity index (χ1) is 11.8. The van der Waals surface area contributed by atoms with E-state index in [2.05, 4.69) is 5.32 Å². The maximum Gasteiger partial charge on any atom is 0.336 e. The molecule has 7 heteroatoms. The first-order valence-corrected chi connectivity index (χ1v) is 8.55. The smallest absolute Gasteiger partial charge is 0.336 e. The number of carboxylic acids is 2. The van der Waals surface area contributed by atoms with Crippen LogP contribution >= 0.6 is 11.8 Å². The molecule has 0 radical (unpaired) electrons. The Labute approximate surface area is 148 Å². The van der Waals surface area contributed by atoms with E-state index in [1.807, 2.05) is 0 Å². The minimum atomic E-state index is -1.18. The minimum Gasteiger partial charge on any atom is -0.480 e. The fourth-order valence-electron chi connectivity index (χ4n) is 2.27. The lowest BCUT2D eigenvalue weighted by Crippen LogP contribution is -2.28. The lowest BCUT2D eigenvalue weighted by atomic mass is 10.00. The summed E-state index contributed by atoms with van der Waals surface area (Å²) >= 11 is 1.20. The van der Waals surface area contributed by atoms with Crippen molar-refractivity contribution in [2.75, 3.05) is 11.6 Å². The van der Waals surface area contributed by atoms with Crippen LogP contribution < -0.4 is 5.32 Å². The third-order valence-electron chi connectivity index (χ3n) is 3.91. The van der Waals surface area contributed by atoms with Crippen molar-refractivity contribution >= 4 is 35.3 Å². The van der Waals surface area contributed by atoms with Gasteiger partial charge in [-0.25, -0.2) is 4.79 Å². The third-order valence-corrected chi connectivity index (χ3v) is 5.14. The SMILES string of the molecule is CSC(C)(C(=O)O)c1ccc(NC(=O)c2ccccc2C(=O)O)cc1. The molecule has 0 saturated carbocycles. The monoisotopic (exact) mass is 359 g/mol. The molecule has 2 rings (SSSR count). The van der Waals surface area contributed by atoms with Crippen molar-refractivity contribution in [1.29, 1.82) is 0 Å². The molecular formula is C18H17NO5S. The minimum absolute atomic E-state index is 0.0542. The molecule has 0 aliphatic rings. The van der Waals surface area contributed by atoms with E-state index in [1.165, 1.54) is 23.9 Å². The Hall–Kier alpha value is -2.80. The Morgan fingerprint density at radius 3 is 2.00 bits per heavy atom. The number of aliphatic carboxylic acids is 1. The molecule has 0 aliphatic carbocycles. The highest BCUT2D eigenvalue weighted by molar-refractivity contribution is 8.00. The third kappa shape index (κ3) is 3.83. The Kier molecular flexibility index (Phi) is 5.48. The summed E-state index contributed by atoms with van der Waals surface area (Å²) in [6.07, 6.45) is 1.71. The second-order valence-electron chi connectivity index (χ2n) is 5.42. The van der Waals surface area contributed by atoms with Crippen molar-refractivity contribution in [2.24, 2.45) is 0 Å². The number of carbonyl (C=O) groups excluding carboxylic acids is 1. The van der Waals surface area contributed by atoms with E-state index in [-0.39, 0.29) is 11.1 Å². The average Bonchev–Trinajstić information content (AvgIpc) is 2.61. The molecule has 3 N–H and O–H groups in total. The fraction of sp³-hybridized carbons (Fsp3) is 0.167.